The molecular formula is C23H38O2S. The van der Waals surface area contributed by atoms with E-state index in [1.54, 1.807) is 11.8 Å². The molecule has 2 nitrogen and oxygen atoms in total. The van der Waals surface area contributed by atoms with Gasteiger partial charge in [0.15, 0.2) is 0 Å². The van der Waals surface area contributed by atoms with Crippen molar-refractivity contribution in [3.8, 4) is 0 Å². The second-order valence-electron chi connectivity index (χ2n) is 6.34. The van der Waals surface area contributed by atoms with E-state index in [0.717, 1.165) is 37.2 Å². The van der Waals surface area contributed by atoms with E-state index in [0.29, 0.717) is 0 Å². The molecule has 26 heavy (non-hydrogen) atoms. The summed E-state index contributed by atoms with van der Waals surface area (Å²) < 4.78 is 0. The van der Waals surface area contributed by atoms with Crippen LogP contribution >= 0.6 is 11.8 Å². The lowest BCUT2D eigenvalue weighted by Gasteiger charge is -1.98. The second kappa shape index (κ2) is 21.8. The normalized spacial score (nSPS) is 12.3. The highest BCUT2D eigenvalue weighted by Crippen LogP contribution is 2.08. The first-order valence-corrected chi connectivity index (χ1v) is 11.3. The largest absolute Gasteiger partial charge is 0.481 e. The van der Waals surface area contributed by atoms with Crippen LogP contribution in [-0.2, 0) is 4.79 Å². The number of aliphatic carboxylic acids is 1. The van der Waals surface area contributed by atoms with Gasteiger partial charge in [0.25, 0.3) is 0 Å². The third-order valence-corrected chi connectivity index (χ3v) is 4.90. The Hall–Kier alpha value is -1.22. The smallest absolute Gasteiger partial charge is 0.304 e. The Morgan fingerprint density at radius 2 is 1.23 bits per heavy atom. The first-order chi connectivity index (χ1) is 12.8. The van der Waals surface area contributed by atoms with Gasteiger partial charge in [0.1, 0.15) is 0 Å². The van der Waals surface area contributed by atoms with Gasteiger partial charge in [-0.3, -0.25) is 4.79 Å². The molecular weight excluding hydrogens is 340 g/mol. The fourth-order valence-corrected chi connectivity index (χ4v) is 3.22. The number of allylic oxidation sites excluding steroid dienone is 8. The highest BCUT2D eigenvalue weighted by molar-refractivity contribution is 7.99. The molecule has 0 amide bonds. The van der Waals surface area contributed by atoms with Gasteiger partial charge in [-0.25, -0.2) is 0 Å². The quantitative estimate of drug-likeness (QED) is 0.200. The molecule has 0 aromatic rings. The first-order valence-electron chi connectivity index (χ1n) is 10.2. The number of hydrogen-bond acceptors (Lipinski definition) is 2. The van der Waals surface area contributed by atoms with Crippen LogP contribution in [0.2, 0.25) is 0 Å². The molecule has 0 fully saturated rings. The summed E-state index contributed by atoms with van der Waals surface area (Å²) in [5.41, 5.74) is 0. The molecule has 3 heteroatoms. The van der Waals surface area contributed by atoms with Crippen LogP contribution in [0.4, 0.5) is 0 Å². The van der Waals surface area contributed by atoms with Gasteiger partial charge in [0.2, 0.25) is 0 Å². The maximum Gasteiger partial charge on any atom is 0.304 e. The molecule has 0 aliphatic heterocycles. The van der Waals surface area contributed by atoms with E-state index >= 15 is 0 Å². The molecule has 148 valence electrons. The molecule has 0 spiro atoms. The van der Waals surface area contributed by atoms with Gasteiger partial charge >= 0.3 is 5.97 Å². The molecule has 0 unspecified atom stereocenters. The van der Waals surface area contributed by atoms with E-state index in [1.807, 2.05) is 0 Å². The van der Waals surface area contributed by atoms with Crippen molar-refractivity contribution in [2.75, 3.05) is 11.5 Å². The van der Waals surface area contributed by atoms with Gasteiger partial charge in [-0.05, 0) is 57.1 Å². The Balaban J connectivity index is 3.34. The minimum atomic E-state index is -0.696. The molecule has 0 aromatic carbocycles. The SMILES string of the molecule is CCCCCC=CCC=CCC=CCC=CCCCCSCCC(=O)O. The van der Waals surface area contributed by atoms with E-state index in [2.05, 4.69) is 55.5 Å². The lowest BCUT2D eigenvalue weighted by atomic mass is 10.2. The molecule has 0 saturated carbocycles. The summed E-state index contributed by atoms with van der Waals surface area (Å²) in [6, 6.07) is 0. The van der Waals surface area contributed by atoms with Crippen LogP contribution in [0.15, 0.2) is 48.6 Å². The van der Waals surface area contributed by atoms with Gasteiger partial charge < -0.3 is 5.11 Å². The van der Waals surface area contributed by atoms with Crippen molar-refractivity contribution in [3.63, 3.8) is 0 Å². The van der Waals surface area contributed by atoms with Crippen molar-refractivity contribution in [2.24, 2.45) is 0 Å². The molecule has 0 bridgehead atoms. The number of thioether (sulfide) groups is 1. The summed E-state index contributed by atoms with van der Waals surface area (Å²) in [6.45, 7) is 2.24. The summed E-state index contributed by atoms with van der Waals surface area (Å²) in [5, 5.41) is 8.54. The van der Waals surface area contributed by atoms with E-state index in [1.165, 1.54) is 38.5 Å². The van der Waals surface area contributed by atoms with Crippen LogP contribution in [0.3, 0.4) is 0 Å². The average Bonchev–Trinajstić information content (AvgIpc) is 2.62. The summed E-state index contributed by atoms with van der Waals surface area (Å²) >= 11 is 1.74. The predicted molar refractivity (Wildman–Crippen MR) is 118 cm³/mol. The van der Waals surface area contributed by atoms with E-state index in [-0.39, 0.29) is 6.42 Å². The van der Waals surface area contributed by atoms with Crippen molar-refractivity contribution >= 4 is 17.7 Å². The highest BCUT2D eigenvalue weighted by Gasteiger charge is 1.95. The summed E-state index contributed by atoms with van der Waals surface area (Å²) in [5.74, 6) is 1.11. The van der Waals surface area contributed by atoms with Crippen LogP contribution < -0.4 is 0 Å². The van der Waals surface area contributed by atoms with Crippen molar-refractivity contribution < 1.29 is 9.90 Å². The molecule has 1 N–H and O–H groups in total. The zero-order valence-electron chi connectivity index (χ0n) is 16.6. The van der Waals surface area contributed by atoms with Gasteiger partial charge in [0, 0.05) is 5.75 Å². The van der Waals surface area contributed by atoms with E-state index < -0.39 is 5.97 Å². The lowest BCUT2D eigenvalue weighted by Crippen LogP contribution is -1.96. The summed E-state index contributed by atoms with van der Waals surface area (Å²) in [7, 11) is 0. The van der Waals surface area contributed by atoms with Gasteiger partial charge in [-0.15, -0.1) is 0 Å². The first kappa shape index (κ1) is 24.8. The third kappa shape index (κ3) is 22.8. The topological polar surface area (TPSA) is 37.3 Å². The van der Waals surface area contributed by atoms with Gasteiger partial charge in [0.05, 0.1) is 6.42 Å². The minimum absolute atomic E-state index is 0.280. The molecule has 0 atom stereocenters. The summed E-state index contributed by atoms with van der Waals surface area (Å²) in [4.78, 5) is 10.4. The monoisotopic (exact) mass is 378 g/mol. The number of rotatable bonds is 18. The average molecular weight is 379 g/mol. The van der Waals surface area contributed by atoms with Crippen LogP contribution in [0.25, 0.3) is 0 Å². The third-order valence-electron chi connectivity index (χ3n) is 3.83. The molecule has 0 saturated heterocycles. The Morgan fingerprint density at radius 1 is 0.731 bits per heavy atom. The molecule has 0 radical (unpaired) electrons. The number of hydrogen-bond donors (Lipinski definition) is 1. The Morgan fingerprint density at radius 3 is 1.73 bits per heavy atom. The van der Waals surface area contributed by atoms with E-state index in [9.17, 15) is 4.79 Å². The Labute approximate surface area is 165 Å². The fraction of sp³-hybridized carbons (Fsp3) is 0.609. The zero-order valence-corrected chi connectivity index (χ0v) is 17.4. The maximum atomic E-state index is 10.4. The number of unbranched alkanes of at least 4 members (excludes halogenated alkanes) is 5. The summed E-state index contributed by atoms with van der Waals surface area (Å²) in [6.07, 6.45) is 30.0. The van der Waals surface area contributed by atoms with Crippen LogP contribution in [0.5, 0.6) is 0 Å². The Kier molecular flexibility index (Phi) is 20.8. The molecule has 0 heterocycles. The van der Waals surface area contributed by atoms with E-state index in [4.69, 9.17) is 5.11 Å². The zero-order chi connectivity index (χ0) is 19.1. The van der Waals surface area contributed by atoms with Gasteiger partial charge in [-0.1, -0.05) is 68.4 Å². The van der Waals surface area contributed by atoms with Crippen LogP contribution in [0, 0.1) is 0 Å². The standard InChI is InChI=1S/C23H38O2S/c1-2-3-4-5-6-7-8-9-10-11-12-13-14-15-16-17-18-19-21-26-22-20-23(24)25/h6-7,9-10,12-13,15-16H,2-5,8,11,14,17-22H2,1H3,(H,24,25). The molecule has 0 aliphatic carbocycles. The number of carboxylic acids is 1. The van der Waals surface area contributed by atoms with Gasteiger partial charge in [-0.2, -0.15) is 11.8 Å². The van der Waals surface area contributed by atoms with Crippen LogP contribution in [-0.4, -0.2) is 22.6 Å². The second-order valence-corrected chi connectivity index (χ2v) is 7.57. The maximum absolute atomic E-state index is 10.4. The minimum Gasteiger partial charge on any atom is -0.481 e. The fourth-order valence-electron chi connectivity index (χ4n) is 2.29. The van der Waals surface area contributed by atoms with Crippen molar-refractivity contribution in [1.82, 2.24) is 0 Å². The van der Waals surface area contributed by atoms with Crippen molar-refractivity contribution in [1.29, 1.82) is 0 Å². The van der Waals surface area contributed by atoms with Crippen molar-refractivity contribution in [3.05, 3.63) is 48.6 Å². The lowest BCUT2D eigenvalue weighted by molar-refractivity contribution is -0.136. The molecule has 0 rings (SSSR count). The number of carboxylic acid groups (broad SMARTS) is 1. The highest BCUT2D eigenvalue weighted by atomic mass is 32.2. The van der Waals surface area contributed by atoms with Crippen molar-refractivity contribution in [2.45, 2.75) is 77.6 Å². The Bertz CT molecular complexity index is 422. The predicted octanol–water partition coefficient (Wildman–Crippen LogP) is 7.34. The van der Waals surface area contributed by atoms with Crippen LogP contribution in [0.1, 0.15) is 77.6 Å². The molecule has 0 aromatic heterocycles. The molecule has 0 aliphatic rings. The number of carbonyl (C=O) groups is 1.